The first-order valence-corrected chi connectivity index (χ1v) is 11.2. The molecule has 8 heteroatoms. The van der Waals surface area contributed by atoms with E-state index in [1.165, 1.54) is 10.6 Å². The van der Waals surface area contributed by atoms with E-state index in [9.17, 15) is 16.8 Å². The molecule has 0 aromatic heterocycles. The molecule has 0 bridgehead atoms. The Labute approximate surface area is 148 Å². The van der Waals surface area contributed by atoms with E-state index >= 15 is 0 Å². The van der Waals surface area contributed by atoms with E-state index in [1.54, 1.807) is 55.5 Å². The molecule has 0 aliphatic heterocycles. The maximum absolute atomic E-state index is 12.5. The second kappa shape index (κ2) is 6.34. The Morgan fingerprint density at radius 1 is 0.960 bits per heavy atom. The lowest BCUT2D eigenvalue weighted by Gasteiger charge is -2.22. The van der Waals surface area contributed by atoms with Crippen molar-refractivity contribution in [3.63, 3.8) is 0 Å². The summed E-state index contributed by atoms with van der Waals surface area (Å²) < 4.78 is 52.9. The van der Waals surface area contributed by atoms with Crippen LogP contribution in [0.4, 0.5) is 11.4 Å². The van der Waals surface area contributed by atoms with E-state index in [4.69, 9.17) is 0 Å². The summed E-state index contributed by atoms with van der Waals surface area (Å²) in [5.41, 5.74) is 1.59. The number of benzene rings is 2. The summed E-state index contributed by atoms with van der Waals surface area (Å²) in [6.45, 7) is 1.73. The Morgan fingerprint density at radius 2 is 1.56 bits per heavy atom. The molecule has 1 fully saturated rings. The van der Waals surface area contributed by atoms with Crippen LogP contribution in [-0.4, -0.2) is 29.1 Å². The number of nitrogens with zero attached hydrogens (tertiary/aromatic N) is 1. The third-order valence-electron chi connectivity index (χ3n) is 3.99. The van der Waals surface area contributed by atoms with Crippen molar-refractivity contribution in [3.05, 3.63) is 54.1 Å². The molecule has 2 aromatic rings. The zero-order valence-corrected chi connectivity index (χ0v) is 15.6. The van der Waals surface area contributed by atoms with Crippen molar-refractivity contribution in [2.45, 2.75) is 30.7 Å². The molecule has 1 saturated carbocycles. The van der Waals surface area contributed by atoms with Crippen molar-refractivity contribution in [1.82, 2.24) is 0 Å². The van der Waals surface area contributed by atoms with Gasteiger partial charge in [0.15, 0.2) is 0 Å². The molecule has 3 rings (SSSR count). The van der Waals surface area contributed by atoms with E-state index in [0.717, 1.165) is 12.8 Å². The molecular weight excluding hydrogens is 360 g/mol. The SMILES string of the molecule is Cc1ccccc1S(=O)(=O)Nc1ccc(N(C2CC2)S(C)(=O)=O)cc1. The zero-order chi connectivity index (χ0) is 18.2. The molecule has 1 aliphatic carbocycles. The monoisotopic (exact) mass is 380 g/mol. The molecule has 2 aromatic carbocycles. The maximum atomic E-state index is 12.5. The number of nitrogens with one attached hydrogen (secondary N) is 1. The molecule has 25 heavy (non-hydrogen) atoms. The van der Waals surface area contributed by atoms with E-state index in [-0.39, 0.29) is 10.9 Å². The highest BCUT2D eigenvalue weighted by atomic mass is 32.2. The van der Waals surface area contributed by atoms with Gasteiger partial charge in [0, 0.05) is 11.7 Å². The second-order valence-electron chi connectivity index (χ2n) is 6.21. The van der Waals surface area contributed by atoms with Gasteiger partial charge in [-0.25, -0.2) is 16.8 Å². The minimum Gasteiger partial charge on any atom is -0.280 e. The fourth-order valence-electron chi connectivity index (χ4n) is 2.73. The van der Waals surface area contributed by atoms with Gasteiger partial charge in [-0.15, -0.1) is 0 Å². The fraction of sp³-hybridized carbons (Fsp3) is 0.294. The lowest BCUT2D eigenvalue weighted by molar-refractivity contribution is 0.595. The second-order valence-corrected chi connectivity index (χ2v) is 9.72. The topological polar surface area (TPSA) is 83.6 Å². The van der Waals surface area contributed by atoms with Gasteiger partial charge < -0.3 is 0 Å². The minimum absolute atomic E-state index is 0.00418. The highest BCUT2D eigenvalue weighted by Crippen LogP contribution is 2.34. The lowest BCUT2D eigenvalue weighted by atomic mass is 10.2. The van der Waals surface area contributed by atoms with Gasteiger partial charge in [0.25, 0.3) is 10.0 Å². The van der Waals surface area contributed by atoms with Gasteiger partial charge in [0.05, 0.1) is 16.8 Å². The number of rotatable bonds is 6. The number of sulfonamides is 2. The van der Waals surface area contributed by atoms with Gasteiger partial charge in [0.1, 0.15) is 0 Å². The molecule has 0 heterocycles. The first-order chi connectivity index (χ1) is 11.7. The first-order valence-electron chi connectivity index (χ1n) is 7.86. The summed E-state index contributed by atoms with van der Waals surface area (Å²) in [6, 6.07) is 13.1. The van der Waals surface area contributed by atoms with Gasteiger partial charge in [-0.2, -0.15) is 0 Å². The molecule has 0 unspecified atom stereocenters. The normalized spacial score (nSPS) is 15.0. The fourth-order valence-corrected chi connectivity index (χ4v) is 5.29. The molecule has 134 valence electrons. The van der Waals surface area contributed by atoms with E-state index in [2.05, 4.69) is 4.72 Å². The van der Waals surface area contributed by atoms with Crippen LogP contribution in [0.25, 0.3) is 0 Å². The molecule has 0 atom stereocenters. The maximum Gasteiger partial charge on any atom is 0.262 e. The standard InChI is InChI=1S/C17H20N2O4S2/c1-13-5-3-4-6-17(13)25(22,23)18-14-7-9-15(10-8-14)19(16-11-12-16)24(2,20)21/h3-10,16,18H,11-12H2,1-2H3. The molecule has 1 aliphatic rings. The number of anilines is 2. The predicted molar refractivity (Wildman–Crippen MR) is 98.8 cm³/mol. The molecule has 0 radical (unpaired) electrons. The zero-order valence-electron chi connectivity index (χ0n) is 14.0. The summed E-state index contributed by atoms with van der Waals surface area (Å²) in [7, 11) is -7.05. The van der Waals surface area contributed by atoms with Crippen LogP contribution in [0.3, 0.4) is 0 Å². The number of hydrogen-bond donors (Lipinski definition) is 1. The molecule has 0 amide bonds. The van der Waals surface area contributed by atoms with Crippen LogP contribution in [-0.2, 0) is 20.0 Å². The summed E-state index contributed by atoms with van der Waals surface area (Å²) in [6.07, 6.45) is 2.86. The highest BCUT2D eigenvalue weighted by Gasteiger charge is 2.35. The summed E-state index contributed by atoms with van der Waals surface area (Å²) >= 11 is 0. The predicted octanol–water partition coefficient (Wildman–Crippen LogP) is 2.72. The largest absolute Gasteiger partial charge is 0.280 e. The van der Waals surface area contributed by atoms with Gasteiger partial charge in [0.2, 0.25) is 10.0 Å². The summed E-state index contributed by atoms with van der Waals surface area (Å²) in [5, 5.41) is 0. The number of aryl methyl sites for hydroxylation is 1. The first kappa shape index (κ1) is 17.8. The minimum atomic E-state index is -3.69. The Hall–Kier alpha value is -2.06. The Balaban J connectivity index is 1.85. The van der Waals surface area contributed by atoms with Crippen LogP contribution < -0.4 is 9.03 Å². The van der Waals surface area contributed by atoms with Crippen molar-refractivity contribution in [1.29, 1.82) is 0 Å². The van der Waals surface area contributed by atoms with Crippen molar-refractivity contribution in [2.24, 2.45) is 0 Å². The van der Waals surface area contributed by atoms with Crippen LogP contribution in [0.1, 0.15) is 18.4 Å². The third kappa shape index (κ3) is 3.96. The van der Waals surface area contributed by atoms with E-state index in [0.29, 0.717) is 16.9 Å². The van der Waals surface area contributed by atoms with Gasteiger partial charge >= 0.3 is 0 Å². The molecule has 0 spiro atoms. The van der Waals surface area contributed by atoms with Crippen LogP contribution in [0.2, 0.25) is 0 Å². The highest BCUT2D eigenvalue weighted by molar-refractivity contribution is 7.92. The summed E-state index contributed by atoms with van der Waals surface area (Å²) in [5.74, 6) is 0. The van der Waals surface area contributed by atoms with Crippen LogP contribution >= 0.6 is 0 Å². The molecule has 0 saturated heterocycles. The van der Waals surface area contributed by atoms with E-state index < -0.39 is 20.0 Å². The Morgan fingerprint density at radius 3 is 2.08 bits per heavy atom. The van der Waals surface area contributed by atoms with Crippen molar-refractivity contribution >= 4 is 31.4 Å². The summed E-state index contributed by atoms with van der Waals surface area (Å²) in [4.78, 5) is 0.217. The average Bonchev–Trinajstić information content (AvgIpc) is 3.32. The van der Waals surface area contributed by atoms with Crippen LogP contribution in [0.15, 0.2) is 53.4 Å². The smallest absolute Gasteiger partial charge is 0.262 e. The Bertz CT molecular complexity index is 980. The van der Waals surface area contributed by atoms with Crippen molar-refractivity contribution in [3.8, 4) is 0 Å². The Kier molecular flexibility index (Phi) is 4.51. The van der Waals surface area contributed by atoms with Crippen molar-refractivity contribution < 1.29 is 16.8 Å². The molecule has 6 nitrogen and oxygen atoms in total. The van der Waals surface area contributed by atoms with Gasteiger partial charge in [-0.05, 0) is 55.7 Å². The average molecular weight is 380 g/mol. The molecule has 1 N–H and O–H groups in total. The lowest BCUT2D eigenvalue weighted by Crippen LogP contribution is -2.31. The van der Waals surface area contributed by atoms with Crippen LogP contribution in [0, 0.1) is 6.92 Å². The van der Waals surface area contributed by atoms with Crippen LogP contribution in [0.5, 0.6) is 0 Å². The third-order valence-corrected chi connectivity index (χ3v) is 6.76. The van der Waals surface area contributed by atoms with E-state index in [1.807, 2.05) is 0 Å². The van der Waals surface area contributed by atoms with Gasteiger partial charge in [-0.3, -0.25) is 9.03 Å². The van der Waals surface area contributed by atoms with Crippen molar-refractivity contribution in [2.75, 3.05) is 15.3 Å². The quantitative estimate of drug-likeness (QED) is 0.835. The molecular formula is C17H20N2O4S2. The van der Waals surface area contributed by atoms with Gasteiger partial charge in [-0.1, -0.05) is 18.2 Å². The number of hydrogen-bond acceptors (Lipinski definition) is 4.